The van der Waals surface area contributed by atoms with Gasteiger partial charge in [0, 0.05) is 5.56 Å². The zero-order valence-electron chi connectivity index (χ0n) is 9.70. The summed E-state index contributed by atoms with van der Waals surface area (Å²) in [5.74, 6) is -1.61. The number of hydrogen-bond acceptors (Lipinski definition) is 2. The van der Waals surface area contributed by atoms with E-state index in [1.54, 1.807) is 0 Å². The normalized spacial score (nSPS) is 10.3. The number of carbonyl (C=O) groups is 1. The number of Topliss-reactive ketones (excluding diaryl/α,β-unsaturated/α-hetero) is 1. The van der Waals surface area contributed by atoms with Crippen LogP contribution in [-0.2, 0) is 0 Å². The molecule has 0 N–H and O–H groups in total. The van der Waals surface area contributed by atoms with Crippen LogP contribution in [-0.4, -0.2) is 12.4 Å². The molecule has 0 spiro atoms. The lowest BCUT2D eigenvalue weighted by Gasteiger charge is -2.07. The van der Waals surface area contributed by atoms with E-state index in [-0.39, 0.29) is 23.2 Å². The number of ketones is 1. The second-order valence-electron chi connectivity index (χ2n) is 3.77. The van der Waals surface area contributed by atoms with Crippen molar-refractivity contribution in [2.45, 2.75) is 0 Å². The van der Waals surface area contributed by atoms with E-state index >= 15 is 0 Å². The molecule has 19 heavy (non-hydrogen) atoms. The third kappa shape index (κ3) is 3.29. The second kappa shape index (κ2) is 5.80. The van der Waals surface area contributed by atoms with Crippen molar-refractivity contribution in [1.82, 2.24) is 0 Å². The molecule has 0 saturated heterocycles. The van der Waals surface area contributed by atoms with Crippen LogP contribution >= 0.6 is 11.6 Å². The van der Waals surface area contributed by atoms with Gasteiger partial charge >= 0.3 is 0 Å². The fraction of sp³-hybridized carbons (Fsp3) is 0.0714. The van der Waals surface area contributed by atoms with Crippen LogP contribution in [0.1, 0.15) is 10.4 Å². The van der Waals surface area contributed by atoms with Crippen LogP contribution in [0.3, 0.4) is 0 Å². The molecule has 0 amide bonds. The van der Waals surface area contributed by atoms with E-state index in [9.17, 15) is 13.6 Å². The zero-order valence-corrected chi connectivity index (χ0v) is 10.5. The number of halogens is 3. The minimum atomic E-state index is -0.712. The highest BCUT2D eigenvalue weighted by Crippen LogP contribution is 2.24. The fourth-order valence-electron chi connectivity index (χ4n) is 1.46. The second-order valence-corrected chi connectivity index (χ2v) is 4.18. The molecule has 5 heteroatoms. The molecule has 0 atom stereocenters. The van der Waals surface area contributed by atoms with Gasteiger partial charge in [0.05, 0.1) is 5.02 Å². The third-order valence-corrected chi connectivity index (χ3v) is 2.73. The van der Waals surface area contributed by atoms with Crippen LogP contribution in [0.15, 0.2) is 42.5 Å². The van der Waals surface area contributed by atoms with Crippen molar-refractivity contribution < 1.29 is 18.3 Å². The van der Waals surface area contributed by atoms with Crippen LogP contribution in [0, 0.1) is 11.6 Å². The molecule has 0 radical (unpaired) electrons. The van der Waals surface area contributed by atoms with E-state index in [1.807, 2.05) is 0 Å². The summed E-state index contributed by atoms with van der Waals surface area (Å²) in [7, 11) is 0. The van der Waals surface area contributed by atoms with Gasteiger partial charge < -0.3 is 4.74 Å². The lowest BCUT2D eigenvalue weighted by atomic mass is 10.1. The summed E-state index contributed by atoms with van der Waals surface area (Å²) in [6.45, 7) is -0.344. The standard InChI is InChI=1S/C14H9ClF2O2/c15-11-2-1-3-13(14(11)17)19-8-12(18)9-4-6-10(16)7-5-9/h1-7H,8H2. The van der Waals surface area contributed by atoms with E-state index in [4.69, 9.17) is 16.3 Å². The van der Waals surface area contributed by atoms with Gasteiger partial charge in [0.25, 0.3) is 0 Å². The summed E-state index contributed by atoms with van der Waals surface area (Å²) < 4.78 is 31.2. The quantitative estimate of drug-likeness (QED) is 0.796. The molecule has 0 heterocycles. The molecule has 0 aliphatic carbocycles. The molecule has 0 saturated carbocycles. The molecule has 0 fully saturated rings. The molecule has 2 aromatic rings. The molecule has 98 valence electrons. The molecule has 0 bridgehead atoms. The highest BCUT2D eigenvalue weighted by atomic mass is 35.5. The Morgan fingerprint density at radius 3 is 2.47 bits per heavy atom. The molecule has 0 aliphatic heterocycles. The van der Waals surface area contributed by atoms with Crippen molar-refractivity contribution in [2.24, 2.45) is 0 Å². The molecular formula is C14H9ClF2O2. The van der Waals surface area contributed by atoms with Gasteiger partial charge in [0.1, 0.15) is 5.82 Å². The Bertz CT molecular complexity index is 597. The van der Waals surface area contributed by atoms with Crippen molar-refractivity contribution in [3.05, 3.63) is 64.7 Å². The Balaban J connectivity index is 2.04. The van der Waals surface area contributed by atoms with E-state index in [0.29, 0.717) is 5.56 Å². The summed E-state index contributed by atoms with van der Waals surface area (Å²) in [5, 5.41) is -0.0771. The predicted molar refractivity (Wildman–Crippen MR) is 67.6 cm³/mol. The lowest BCUT2D eigenvalue weighted by Crippen LogP contribution is -2.12. The highest BCUT2D eigenvalue weighted by molar-refractivity contribution is 6.30. The van der Waals surface area contributed by atoms with Gasteiger partial charge in [-0.05, 0) is 36.4 Å². The first-order chi connectivity index (χ1) is 9.08. The van der Waals surface area contributed by atoms with E-state index in [2.05, 4.69) is 0 Å². The van der Waals surface area contributed by atoms with Gasteiger partial charge in [-0.15, -0.1) is 0 Å². The maximum absolute atomic E-state index is 13.5. The van der Waals surface area contributed by atoms with Gasteiger partial charge in [-0.2, -0.15) is 0 Å². The Labute approximate surface area is 113 Å². The molecule has 2 aromatic carbocycles. The van der Waals surface area contributed by atoms with Crippen LogP contribution < -0.4 is 4.74 Å². The smallest absolute Gasteiger partial charge is 0.200 e. The Morgan fingerprint density at radius 1 is 1.11 bits per heavy atom. The van der Waals surface area contributed by atoms with Crippen LogP contribution in [0.5, 0.6) is 5.75 Å². The van der Waals surface area contributed by atoms with Crippen molar-refractivity contribution >= 4 is 17.4 Å². The van der Waals surface area contributed by atoms with Gasteiger partial charge in [0.15, 0.2) is 24.0 Å². The fourth-order valence-corrected chi connectivity index (χ4v) is 1.62. The lowest BCUT2D eigenvalue weighted by molar-refractivity contribution is 0.0918. The maximum atomic E-state index is 13.5. The number of ether oxygens (including phenoxy) is 1. The first-order valence-electron chi connectivity index (χ1n) is 5.43. The largest absolute Gasteiger partial charge is 0.482 e. The molecule has 0 aromatic heterocycles. The van der Waals surface area contributed by atoms with Gasteiger partial charge in [0.2, 0.25) is 0 Å². The minimum absolute atomic E-state index is 0.0771. The highest BCUT2D eigenvalue weighted by Gasteiger charge is 2.11. The summed E-state index contributed by atoms with van der Waals surface area (Å²) in [6, 6.07) is 9.30. The van der Waals surface area contributed by atoms with Gasteiger partial charge in [-0.1, -0.05) is 17.7 Å². The average Bonchev–Trinajstić information content (AvgIpc) is 2.41. The molecule has 2 nitrogen and oxygen atoms in total. The first kappa shape index (κ1) is 13.5. The maximum Gasteiger partial charge on any atom is 0.200 e. The van der Waals surface area contributed by atoms with Crippen molar-refractivity contribution in [2.75, 3.05) is 6.61 Å². The number of hydrogen-bond donors (Lipinski definition) is 0. The summed E-state index contributed by atoms with van der Waals surface area (Å²) in [5.41, 5.74) is 0.295. The van der Waals surface area contributed by atoms with Crippen molar-refractivity contribution in [3.63, 3.8) is 0 Å². The minimum Gasteiger partial charge on any atom is -0.482 e. The Hall–Kier alpha value is -1.94. The van der Waals surface area contributed by atoms with Crippen molar-refractivity contribution in [3.8, 4) is 5.75 Å². The monoisotopic (exact) mass is 282 g/mol. The van der Waals surface area contributed by atoms with Crippen molar-refractivity contribution in [1.29, 1.82) is 0 Å². The van der Waals surface area contributed by atoms with E-state index in [1.165, 1.54) is 42.5 Å². The molecule has 2 rings (SSSR count). The van der Waals surface area contributed by atoms with Crippen LogP contribution in [0.2, 0.25) is 5.02 Å². The summed E-state index contributed by atoms with van der Waals surface area (Å²) in [6.07, 6.45) is 0. The Kier molecular flexibility index (Phi) is 4.12. The summed E-state index contributed by atoms with van der Waals surface area (Å²) in [4.78, 5) is 11.7. The summed E-state index contributed by atoms with van der Waals surface area (Å²) >= 11 is 5.58. The van der Waals surface area contributed by atoms with Crippen LogP contribution in [0.25, 0.3) is 0 Å². The predicted octanol–water partition coefficient (Wildman–Crippen LogP) is 3.88. The topological polar surface area (TPSA) is 26.3 Å². The van der Waals surface area contributed by atoms with E-state index in [0.717, 1.165) is 0 Å². The first-order valence-corrected chi connectivity index (χ1v) is 5.81. The molecular weight excluding hydrogens is 274 g/mol. The third-order valence-electron chi connectivity index (χ3n) is 2.44. The van der Waals surface area contributed by atoms with Crippen LogP contribution in [0.4, 0.5) is 8.78 Å². The molecule has 0 aliphatic rings. The number of benzene rings is 2. The molecule has 0 unspecified atom stereocenters. The zero-order chi connectivity index (χ0) is 13.8. The number of rotatable bonds is 4. The van der Waals surface area contributed by atoms with Gasteiger partial charge in [-0.3, -0.25) is 4.79 Å². The average molecular weight is 283 g/mol. The number of carbonyl (C=O) groups excluding carboxylic acids is 1. The SMILES string of the molecule is O=C(COc1cccc(Cl)c1F)c1ccc(F)cc1. The van der Waals surface area contributed by atoms with Gasteiger partial charge in [-0.25, -0.2) is 8.78 Å². The Morgan fingerprint density at radius 2 is 1.79 bits per heavy atom. The van der Waals surface area contributed by atoms with E-state index < -0.39 is 11.6 Å².